The Labute approximate surface area is 210 Å². The van der Waals surface area contributed by atoms with E-state index in [1.54, 1.807) is 34.9 Å². The highest BCUT2D eigenvalue weighted by Gasteiger charge is 2.31. The molecule has 0 aliphatic carbocycles. The van der Waals surface area contributed by atoms with E-state index in [2.05, 4.69) is 5.32 Å². The molecule has 0 radical (unpaired) electrons. The second-order valence-electron chi connectivity index (χ2n) is 8.44. The zero-order valence-electron chi connectivity index (χ0n) is 18.8. The fraction of sp³-hybridized carbons (Fsp3) is 0.417. The van der Waals surface area contributed by atoms with Crippen molar-refractivity contribution >= 4 is 58.4 Å². The molecule has 0 fully saturated rings. The van der Waals surface area contributed by atoms with Crippen molar-refractivity contribution in [3.05, 3.63) is 63.1 Å². The first-order valence-corrected chi connectivity index (χ1v) is 12.6. The van der Waals surface area contributed by atoms with Gasteiger partial charge in [0, 0.05) is 49.8 Å². The predicted octanol–water partition coefficient (Wildman–Crippen LogP) is 6.85. The lowest BCUT2D eigenvalue weighted by Crippen LogP contribution is -2.53. The molecule has 0 heterocycles. The van der Waals surface area contributed by atoms with Crippen LogP contribution in [0, 0.1) is 0 Å². The average molecular weight is 516 g/mol. The van der Waals surface area contributed by atoms with E-state index in [0.29, 0.717) is 32.8 Å². The summed E-state index contributed by atoms with van der Waals surface area (Å²) in [4.78, 5) is 29.0. The second-order valence-corrected chi connectivity index (χ2v) is 10.9. The van der Waals surface area contributed by atoms with Crippen molar-refractivity contribution in [3.63, 3.8) is 0 Å². The SMILES string of the molecule is CC[C@H](C(=O)NC(C)(C)C)N(Cc1c(Cl)cccc1Cl)C(=O)CCSc1ccc(Cl)cc1. The number of halogens is 3. The molecule has 2 aromatic rings. The molecule has 0 aromatic heterocycles. The zero-order chi connectivity index (χ0) is 23.9. The lowest BCUT2D eigenvalue weighted by atomic mass is 10.1. The summed E-state index contributed by atoms with van der Waals surface area (Å²) in [6, 6.07) is 12.1. The van der Waals surface area contributed by atoms with Crippen molar-refractivity contribution in [2.75, 3.05) is 5.75 Å². The summed E-state index contributed by atoms with van der Waals surface area (Å²) in [5.41, 5.74) is 0.225. The summed E-state index contributed by atoms with van der Waals surface area (Å²) in [7, 11) is 0. The summed E-state index contributed by atoms with van der Waals surface area (Å²) in [5, 5.41) is 4.60. The molecule has 0 spiro atoms. The van der Waals surface area contributed by atoms with Crippen LogP contribution in [0.4, 0.5) is 0 Å². The molecule has 32 heavy (non-hydrogen) atoms. The van der Waals surface area contributed by atoms with Crippen LogP contribution in [0.3, 0.4) is 0 Å². The van der Waals surface area contributed by atoms with Gasteiger partial charge < -0.3 is 10.2 Å². The highest BCUT2D eigenvalue weighted by atomic mass is 35.5. The third-order valence-electron chi connectivity index (χ3n) is 4.67. The normalized spacial score (nSPS) is 12.3. The van der Waals surface area contributed by atoms with Crippen LogP contribution < -0.4 is 5.32 Å². The van der Waals surface area contributed by atoms with Gasteiger partial charge in [0.25, 0.3) is 0 Å². The van der Waals surface area contributed by atoms with E-state index in [1.807, 2.05) is 52.0 Å². The van der Waals surface area contributed by atoms with Crippen LogP contribution in [0.25, 0.3) is 0 Å². The number of rotatable bonds is 9. The van der Waals surface area contributed by atoms with Gasteiger partial charge in [-0.15, -0.1) is 11.8 Å². The Kier molecular flexibility index (Phi) is 10.2. The van der Waals surface area contributed by atoms with Gasteiger partial charge >= 0.3 is 0 Å². The molecule has 4 nitrogen and oxygen atoms in total. The number of carbonyl (C=O) groups is 2. The molecule has 2 amide bonds. The van der Waals surface area contributed by atoms with Crippen molar-refractivity contribution < 1.29 is 9.59 Å². The van der Waals surface area contributed by atoms with Crippen LogP contribution in [-0.2, 0) is 16.1 Å². The van der Waals surface area contributed by atoms with Crippen molar-refractivity contribution in [2.24, 2.45) is 0 Å². The van der Waals surface area contributed by atoms with E-state index in [0.717, 1.165) is 4.90 Å². The van der Waals surface area contributed by atoms with Gasteiger partial charge in [0.1, 0.15) is 6.04 Å². The minimum absolute atomic E-state index is 0.127. The van der Waals surface area contributed by atoms with Crippen molar-refractivity contribution in [1.82, 2.24) is 10.2 Å². The third kappa shape index (κ3) is 8.18. The van der Waals surface area contributed by atoms with Gasteiger partial charge in [-0.2, -0.15) is 0 Å². The Morgan fingerprint density at radius 2 is 1.62 bits per heavy atom. The van der Waals surface area contributed by atoms with Crippen molar-refractivity contribution in [2.45, 2.75) is 63.6 Å². The van der Waals surface area contributed by atoms with Gasteiger partial charge in [-0.05, 0) is 63.6 Å². The van der Waals surface area contributed by atoms with Crippen LogP contribution in [0.5, 0.6) is 0 Å². The maximum atomic E-state index is 13.3. The smallest absolute Gasteiger partial charge is 0.243 e. The van der Waals surface area contributed by atoms with Crippen LogP contribution in [0.15, 0.2) is 47.4 Å². The van der Waals surface area contributed by atoms with Gasteiger partial charge in [-0.25, -0.2) is 0 Å². The van der Waals surface area contributed by atoms with Crippen molar-refractivity contribution in [1.29, 1.82) is 0 Å². The number of thioether (sulfide) groups is 1. The van der Waals surface area contributed by atoms with Crippen LogP contribution >= 0.6 is 46.6 Å². The third-order valence-corrected chi connectivity index (χ3v) is 6.65. The summed E-state index contributed by atoms with van der Waals surface area (Å²) in [5.74, 6) is 0.255. The first-order chi connectivity index (χ1) is 15.0. The zero-order valence-corrected chi connectivity index (χ0v) is 21.8. The van der Waals surface area contributed by atoms with Gasteiger partial charge in [-0.1, -0.05) is 47.8 Å². The Hall–Kier alpha value is -1.40. The predicted molar refractivity (Wildman–Crippen MR) is 136 cm³/mol. The summed E-state index contributed by atoms with van der Waals surface area (Å²) < 4.78 is 0. The molecular weight excluding hydrogens is 487 g/mol. The van der Waals surface area contributed by atoms with Gasteiger partial charge in [0.15, 0.2) is 0 Å². The number of hydrogen-bond donors (Lipinski definition) is 1. The summed E-state index contributed by atoms with van der Waals surface area (Å²) in [6.07, 6.45) is 0.745. The van der Waals surface area contributed by atoms with E-state index in [-0.39, 0.29) is 24.8 Å². The number of hydrogen-bond acceptors (Lipinski definition) is 3. The molecule has 174 valence electrons. The second kappa shape index (κ2) is 12.2. The number of carbonyl (C=O) groups excluding carboxylic acids is 2. The molecule has 2 rings (SSSR count). The quantitative estimate of drug-likeness (QED) is 0.371. The molecule has 0 bridgehead atoms. The molecular formula is C24H29Cl3N2O2S. The molecule has 2 aromatic carbocycles. The Balaban J connectivity index is 2.22. The van der Waals surface area contributed by atoms with Crippen LogP contribution in [-0.4, -0.2) is 34.0 Å². The lowest BCUT2D eigenvalue weighted by molar-refractivity contribution is -0.141. The molecule has 0 aliphatic rings. The summed E-state index contributed by atoms with van der Waals surface area (Å²) >= 11 is 20.2. The molecule has 0 saturated carbocycles. The molecule has 8 heteroatoms. The Bertz CT molecular complexity index is 910. The van der Waals surface area contributed by atoms with Crippen LogP contribution in [0.2, 0.25) is 15.1 Å². The number of nitrogens with zero attached hydrogens (tertiary/aromatic N) is 1. The minimum atomic E-state index is -0.630. The Morgan fingerprint density at radius 1 is 1.03 bits per heavy atom. The first kappa shape index (κ1) is 26.8. The van der Waals surface area contributed by atoms with Crippen molar-refractivity contribution in [3.8, 4) is 0 Å². The van der Waals surface area contributed by atoms with E-state index in [1.165, 1.54) is 0 Å². The molecule has 1 atom stereocenters. The van der Waals surface area contributed by atoms with E-state index in [9.17, 15) is 9.59 Å². The number of benzene rings is 2. The average Bonchev–Trinajstić information content (AvgIpc) is 2.70. The maximum absolute atomic E-state index is 13.3. The highest BCUT2D eigenvalue weighted by Crippen LogP contribution is 2.28. The Morgan fingerprint density at radius 3 is 2.16 bits per heavy atom. The number of nitrogens with one attached hydrogen (secondary N) is 1. The van der Waals surface area contributed by atoms with E-state index in [4.69, 9.17) is 34.8 Å². The van der Waals surface area contributed by atoms with Crippen LogP contribution in [0.1, 0.15) is 46.1 Å². The largest absolute Gasteiger partial charge is 0.350 e. The highest BCUT2D eigenvalue weighted by molar-refractivity contribution is 7.99. The monoisotopic (exact) mass is 514 g/mol. The maximum Gasteiger partial charge on any atom is 0.243 e. The van der Waals surface area contributed by atoms with E-state index >= 15 is 0 Å². The standard InChI is InChI=1S/C24H29Cl3N2O2S/c1-5-21(23(31)28-24(2,3)4)29(15-18-19(26)7-6-8-20(18)27)22(30)13-14-32-17-11-9-16(25)10-12-17/h6-12,21H,5,13-15H2,1-4H3,(H,28,31)/t21-/m1/s1. The summed E-state index contributed by atoms with van der Waals surface area (Å²) in [6.45, 7) is 7.80. The lowest BCUT2D eigenvalue weighted by Gasteiger charge is -2.33. The number of amides is 2. The fourth-order valence-corrected chi connectivity index (χ4v) is 4.64. The van der Waals surface area contributed by atoms with Gasteiger partial charge in [-0.3, -0.25) is 9.59 Å². The van der Waals surface area contributed by atoms with E-state index < -0.39 is 11.6 Å². The van der Waals surface area contributed by atoms with Gasteiger partial charge in [0.2, 0.25) is 11.8 Å². The minimum Gasteiger partial charge on any atom is -0.350 e. The topological polar surface area (TPSA) is 49.4 Å². The van der Waals surface area contributed by atoms with Gasteiger partial charge in [0.05, 0.1) is 0 Å². The molecule has 0 aliphatic heterocycles. The fourth-order valence-electron chi connectivity index (χ4n) is 3.16. The molecule has 0 unspecified atom stereocenters. The first-order valence-electron chi connectivity index (χ1n) is 10.4. The molecule has 0 saturated heterocycles. The molecule has 1 N–H and O–H groups in total.